The number of hydrogen-bond donors (Lipinski definition) is 2. The van der Waals surface area contributed by atoms with E-state index in [-0.39, 0.29) is 17.9 Å². The van der Waals surface area contributed by atoms with Crippen LogP contribution in [-0.4, -0.2) is 56.1 Å². The number of amides is 2. The van der Waals surface area contributed by atoms with Crippen LogP contribution in [0, 0.1) is 6.92 Å². The van der Waals surface area contributed by atoms with Gasteiger partial charge in [-0.1, -0.05) is 12.1 Å². The minimum absolute atomic E-state index is 0.0224. The molecule has 0 radical (unpaired) electrons. The Morgan fingerprint density at radius 1 is 1.24 bits per heavy atom. The average molecular weight is 461 g/mol. The molecule has 34 heavy (non-hydrogen) atoms. The average Bonchev–Trinajstić information content (AvgIpc) is 3.42. The summed E-state index contributed by atoms with van der Waals surface area (Å²) in [5.41, 5.74) is 3.37. The second-order valence-electron chi connectivity index (χ2n) is 7.94. The Labute approximate surface area is 194 Å². The third-order valence-corrected chi connectivity index (χ3v) is 5.59. The molecule has 1 aliphatic rings. The molecular weight excluding hydrogens is 438 g/mol. The maximum absolute atomic E-state index is 12.9. The maximum atomic E-state index is 12.9. The second-order valence-corrected chi connectivity index (χ2v) is 7.94. The van der Waals surface area contributed by atoms with Crippen molar-refractivity contribution < 1.29 is 18.8 Å². The summed E-state index contributed by atoms with van der Waals surface area (Å²) in [7, 11) is 0. The molecule has 2 N–H and O–H groups in total. The molecule has 1 saturated heterocycles. The smallest absolute Gasteiger partial charge is 0.409 e. The van der Waals surface area contributed by atoms with E-state index >= 15 is 0 Å². The minimum atomic E-state index is -0.338. The zero-order chi connectivity index (χ0) is 23.7. The van der Waals surface area contributed by atoms with Crippen LogP contribution in [0.2, 0.25) is 0 Å². The lowest BCUT2D eigenvalue weighted by Crippen LogP contribution is -2.48. The predicted octanol–water partition coefficient (Wildman–Crippen LogP) is 3.58. The summed E-state index contributed by atoms with van der Waals surface area (Å²) in [5, 5.41) is 10.0. The van der Waals surface area contributed by atoms with Crippen molar-refractivity contribution in [2.75, 3.05) is 30.3 Å². The van der Waals surface area contributed by atoms with E-state index in [0.29, 0.717) is 54.3 Å². The summed E-state index contributed by atoms with van der Waals surface area (Å²) < 4.78 is 12.1. The van der Waals surface area contributed by atoms with Crippen LogP contribution in [0.4, 0.5) is 22.1 Å². The van der Waals surface area contributed by atoms with E-state index in [9.17, 15) is 9.59 Å². The Hall–Kier alpha value is -4.41. The van der Waals surface area contributed by atoms with E-state index in [2.05, 4.69) is 25.8 Å². The van der Waals surface area contributed by atoms with E-state index in [1.807, 2.05) is 37.3 Å². The van der Waals surface area contributed by atoms with Crippen molar-refractivity contribution in [3.63, 3.8) is 0 Å². The standard InChI is InChI=1S/C23H23N7O4/c1-3-33-23(32)29-12-15(13-29)21-27-22(28-34-21)25-16-8-7-14(2)17(10-16)26-20(31)18-11-24-19-6-4-5-9-30(18)19/h4-11,15H,3,12-13H2,1-2H3,(H,25,28)(H,26,31). The van der Waals surface area contributed by atoms with E-state index in [1.165, 1.54) is 0 Å². The Bertz CT molecular complexity index is 1360. The third kappa shape index (κ3) is 4.15. The highest BCUT2D eigenvalue weighted by Crippen LogP contribution is 2.28. The molecule has 5 rings (SSSR count). The van der Waals surface area contributed by atoms with Gasteiger partial charge < -0.3 is 24.8 Å². The fourth-order valence-corrected chi connectivity index (χ4v) is 3.70. The topological polar surface area (TPSA) is 127 Å². The van der Waals surface area contributed by atoms with Gasteiger partial charge in [0.05, 0.1) is 18.7 Å². The van der Waals surface area contributed by atoms with E-state index in [1.54, 1.807) is 34.7 Å². The minimum Gasteiger partial charge on any atom is -0.450 e. The van der Waals surface area contributed by atoms with E-state index in [4.69, 9.17) is 9.26 Å². The summed E-state index contributed by atoms with van der Waals surface area (Å²) in [6, 6.07) is 11.1. The predicted molar refractivity (Wildman–Crippen MR) is 123 cm³/mol. The molecule has 11 nitrogen and oxygen atoms in total. The van der Waals surface area contributed by atoms with Crippen molar-refractivity contribution in [1.82, 2.24) is 24.4 Å². The Morgan fingerprint density at radius 2 is 2.09 bits per heavy atom. The molecule has 4 heterocycles. The molecule has 11 heteroatoms. The molecule has 1 aliphatic heterocycles. The largest absolute Gasteiger partial charge is 0.450 e. The van der Waals surface area contributed by atoms with E-state index < -0.39 is 0 Å². The number of aromatic nitrogens is 4. The Kier molecular flexibility index (Phi) is 5.58. The maximum Gasteiger partial charge on any atom is 0.409 e. The summed E-state index contributed by atoms with van der Waals surface area (Å²) >= 11 is 0. The normalized spacial score (nSPS) is 13.5. The number of nitrogens with one attached hydrogen (secondary N) is 2. The van der Waals surface area contributed by atoms with Gasteiger partial charge in [0, 0.05) is 30.7 Å². The van der Waals surface area contributed by atoms with E-state index in [0.717, 1.165) is 5.56 Å². The molecule has 0 spiro atoms. The summed E-state index contributed by atoms with van der Waals surface area (Å²) in [6.45, 7) is 4.97. The van der Waals surface area contributed by atoms with Gasteiger partial charge in [0.25, 0.3) is 11.9 Å². The van der Waals surface area contributed by atoms with Gasteiger partial charge in [0.15, 0.2) is 0 Å². The van der Waals surface area contributed by atoms with Crippen molar-refractivity contribution in [3.05, 3.63) is 65.9 Å². The zero-order valence-corrected chi connectivity index (χ0v) is 18.7. The van der Waals surface area contributed by atoms with Gasteiger partial charge in [-0.3, -0.25) is 9.20 Å². The quantitative estimate of drug-likeness (QED) is 0.446. The Morgan fingerprint density at radius 3 is 2.91 bits per heavy atom. The Balaban J connectivity index is 1.25. The number of nitrogens with zero attached hydrogens (tertiary/aromatic N) is 5. The molecule has 2 amide bonds. The van der Waals surface area contributed by atoms with Crippen molar-refractivity contribution in [2.45, 2.75) is 19.8 Å². The number of benzene rings is 1. The molecule has 4 aromatic rings. The van der Waals surface area contributed by atoms with Crippen LogP contribution < -0.4 is 10.6 Å². The van der Waals surface area contributed by atoms with Crippen molar-refractivity contribution in [2.24, 2.45) is 0 Å². The number of carbonyl (C=O) groups excluding carboxylic acids is 2. The summed E-state index contributed by atoms with van der Waals surface area (Å²) in [5.74, 6) is 0.464. The first-order chi connectivity index (χ1) is 16.5. The molecule has 3 aromatic heterocycles. The van der Waals surface area contributed by atoms with Crippen molar-refractivity contribution in [1.29, 1.82) is 0 Å². The molecular formula is C23H23N7O4. The first-order valence-electron chi connectivity index (χ1n) is 10.9. The summed E-state index contributed by atoms with van der Waals surface area (Å²) in [6.07, 6.45) is 3.01. The summed E-state index contributed by atoms with van der Waals surface area (Å²) in [4.78, 5) is 34.8. The molecule has 1 aromatic carbocycles. The lowest BCUT2D eigenvalue weighted by molar-refractivity contribution is 0.0686. The van der Waals surface area contributed by atoms with Gasteiger partial charge in [0.2, 0.25) is 5.89 Å². The monoisotopic (exact) mass is 461 g/mol. The zero-order valence-electron chi connectivity index (χ0n) is 18.7. The van der Waals surface area contributed by atoms with Gasteiger partial charge in [0.1, 0.15) is 11.3 Å². The molecule has 174 valence electrons. The SMILES string of the molecule is CCOC(=O)N1CC(c2nc(Nc3ccc(C)c(NC(=O)c4cnc5ccccn45)c3)no2)C1. The van der Waals surface area contributed by atoms with Gasteiger partial charge in [-0.05, 0) is 48.8 Å². The number of imidazole rings is 1. The number of rotatable bonds is 6. The fraction of sp³-hybridized carbons (Fsp3) is 0.261. The molecule has 0 atom stereocenters. The number of carbonyl (C=O) groups is 2. The number of aryl methyl sites for hydroxylation is 1. The highest BCUT2D eigenvalue weighted by Gasteiger charge is 2.36. The molecule has 0 saturated carbocycles. The van der Waals surface area contributed by atoms with Gasteiger partial charge >= 0.3 is 6.09 Å². The van der Waals surface area contributed by atoms with Crippen molar-refractivity contribution in [3.8, 4) is 0 Å². The van der Waals surface area contributed by atoms with Crippen LogP contribution in [0.1, 0.15) is 34.8 Å². The number of likely N-dealkylation sites (tertiary alicyclic amines) is 1. The first kappa shape index (κ1) is 21.4. The van der Waals surface area contributed by atoms with Crippen LogP contribution in [0.3, 0.4) is 0 Å². The molecule has 0 unspecified atom stereocenters. The number of fused-ring (bicyclic) bond motifs is 1. The van der Waals surface area contributed by atoms with Crippen LogP contribution >= 0.6 is 0 Å². The molecule has 0 bridgehead atoms. The number of pyridine rings is 1. The van der Waals surface area contributed by atoms with Crippen LogP contribution in [0.25, 0.3) is 5.65 Å². The van der Waals surface area contributed by atoms with Gasteiger partial charge in [-0.15, -0.1) is 0 Å². The molecule has 0 aliphatic carbocycles. The van der Waals surface area contributed by atoms with Crippen molar-refractivity contribution >= 4 is 35.0 Å². The van der Waals surface area contributed by atoms with Gasteiger partial charge in [-0.2, -0.15) is 4.98 Å². The molecule has 1 fully saturated rings. The van der Waals surface area contributed by atoms with Crippen LogP contribution in [0.15, 0.2) is 53.3 Å². The van der Waals surface area contributed by atoms with Crippen LogP contribution in [0.5, 0.6) is 0 Å². The lowest BCUT2D eigenvalue weighted by Gasteiger charge is -2.35. The van der Waals surface area contributed by atoms with Gasteiger partial charge in [-0.25, -0.2) is 9.78 Å². The number of ether oxygens (including phenoxy) is 1. The highest BCUT2D eigenvalue weighted by molar-refractivity contribution is 6.04. The highest BCUT2D eigenvalue weighted by atomic mass is 16.6. The first-order valence-corrected chi connectivity index (χ1v) is 10.9. The second kappa shape index (κ2) is 8.85. The number of anilines is 3. The lowest BCUT2D eigenvalue weighted by atomic mass is 10.0. The fourth-order valence-electron chi connectivity index (χ4n) is 3.70. The third-order valence-electron chi connectivity index (χ3n) is 5.59. The number of hydrogen-bond acceptors (Lipinski definition) is 8. The van der Waals surface area contributed by atoms with Crippen LogP contribution in [-0.2, 0) is 4.74 Å².